The second kappa shape index (κ2) is 6.97. The molecule has 0 fully saturated rings. The van der Waals surface area contributed by atoms with Crippen molar-refractivity contribution in [3.8, 4) is 11.5 Å². The van der Waals surface area contributed by atoms with Gasteiger partial charge < -0.3 is 14.9 Å². The maximum Gasteiger partial charge on any atom is 0.339 e. The molecule has 114 valence electrons. The lowest BCUT2D eigenvalue weighted by Gasteiger charge is -2.21. The molecule has 2 N–H and O–H groups in total. The fourth-order valence-corrected chi connectivity index (χ4v) is 2.25. The van der Waals surface area contributed by atoms with E-state index in [0.29, 0.717) is 23.3 Å². The standard InChI is InChI=1S/C17H22O4/c1-6-8-13(9-7-2)21-16-11(4)10(3)14(17(19)20)15(18)12(16)5/h6-7,9,13,18H,1,8H2,2-5H3,(H,19,20)/b9-7+. The summed E-state index contributed by atoms with van der Waals surface area (Å²) in [6.07, 6.45) is 5.98. The maximum absolute atomic E-state index is 11.3. The zero-order valence-electron chi connectivity index (χ0n) is 12.9. The average Bonchev–Trinajstić information content (AvgIpc) is 2.41. The van der Waals surface area contributed by atoms with Crippen LogP contribution in [0.3, 0.4) is 0 Å². The minimum absolute atomic E-state index is 0.0661. The van der Waals surface area contributed by atoms with Crippen molar-refractivity contribution in [1.82, 2.24) is 0 Å². The van der Waals surface area contributed by atoms with Crippen LogP contribution < -0.4 is 4.74 Å². The van der Waals surface area contributed by atoms with Gasteiger partial charge in [0, 0.05) is 12.0 Å². The van der Waals surface area contributed by atoms with Crippen LogP contribution in [0.1, 0.15) is 40.4 Å². The van der Waals surface area contributed by atoms with Gasteiger partial charge in [-0.3, -0.25) is 0 Å². The predicted molar refractivity (Wildman–Crippen MR) is 83.3 cm³/mol. The van der Waals surface area contributed by atoms with Crippen LogP contribution in [0.4, 0.5) is 0 Å². The number of carbonyl (C=O) groups is 1. The Balaban J connectivity index is 3.38. The molecule has 0 saturated carbocycles. The van der Waals surface area contributed by atoms with Gasteiger partial charge in [-0.25, -0.2) is 4.79 Å². The van der Waals surface area contributed by atoms with Gasteiger partial charge in [0.25, 0.3) is 0 Å². The lowest BCUT2D eigenvalue weighted by molar-refractivity contribution is 0.0692. The van der Waals surface area contributed by atoms with Crippen molar-refractivity contribution in [2.75, 3.05) is 0 Å². The molecule has 1 aromatic carbocycles. The van der Waals surface area contributed by atoms with Crippen LogP contribution in [-0.2, 0) is 0 Å². The highest BCUT2D eigenvalue weighted by Gasteiger charge is 2.23. The van der Waals surface area contributed by atoms with Gasteiger partial charge in [0.15, 0.2) is 0 Å². The van der Waals surface area contributed by atoms with E-state index in [1.807, 2.05) is 19.1 Å². The number of allylic oxidation sites excluding steroid dienone is 1. The molecule has 4 heteroatoms. The van der Waals surface area contributed by atoms with E-state index in [4.69, 9.17) is 4.74 Å². The number of ether oxygens (including phenoxy) is 1. The summed E-state index contributed by atoms with van der Waals surface area (Å²) < 4.78 is 5.94. The van der Waals surface area contributed by atoms with Crippen LogP contribution in [-0.4, -0.2) is 22.3 Å². The second-order valence-electron chi connectivity index (χ2n) is 4.94. The smallest absolute Gasteiger partial charge is 0.339 e. The number of hydrogen-bond donors (Lipinski definition) is 2. The lowest BCUT2D eigenvalue weighted by atomic mass is 9.97. The third-order valence-corrected chi connectivity index (χ3v) is 3.50. The normalized spacial score (nSPS) is 12.4. The Labute approximate surface area is 125 Å². The number of benzene rings is 1. The summed E-state index contributed by atoms with van der Waals surface area (Å²) in [6, 6.07) is 0. The maximum atomic E-state index is 11.3. The first-order chi connectivity index (χ1) is 9.84. The molecule has 0 spiro atoms. The molecule has 4 nitrogen and oxygen atoms in total. The first kappa shape index (κ1) is 16.8. The number of aromatic carboxylic acids is 1. The van der Waals surface area contributed by atoms with Crippen molar-refractivity contribution in [2.45, 2.75) is 40.2 Å². The minimum atomic E-state index is -1.14. The summed E-state index contributed by atoms with van der Waals surface area (Å²) in [5, 5.41) is 19.3. The van der Waals surface area contributed by atoms with E-state index in [0.717, 1.165) is 5.56 Å². The molecule has 0 aliphatic carbocycles. The fourth-order valence-electron chi connectivity index (χ4n) is 2.25. The van der Waals surface area contributed by atoms with E-state index >= 15 is 0 Å². The summed E-state index contributed by atoms with van der Waals surface area (Å²) >= 11 is 0. The summed E-state index contributed by atoms with van der Waals surface area (Å²) in [6.45, 7) is 10.7. The van der Waals surface area contributed by atoms with Crippen molar-refractivity contribution in [3.05, 3.63) is 47.1 Å². The van der Waals surface area contributed by atoms with E-state index < -0.39 is 5.97 Å². The van der Waals surface area contributed by atoms with Crippen molar-refractivity contribution in [2.24, 2.45) is 0 Å². The molecule has 1 aromatic rings. The Morgan fingerprint density at radius 1 is 1.29 bits per heavy atom. The molecule has 0 radical (unpaired) electrons. The monoisotopic (exact) mass is 290 g/mol. The van der Waals surface area contributed by atoms with Gasteiger partial charge in [-0.2, -0.15) is 0 Å². The Bertz CT molecular complexity index is 556. The molecule has 21 heavy (non-hydrogen) atoms. The quantitative estimate of drug-likeness (QED) is 0.779. The molecule has 1 atom stereocenters. The number of rotatable bonds is 6. The van der Waals surface area contributed by atoms with Crippen LogP contribution in [0, 0.1) is 20.8 Å². The molecule has 0 saturated heterocycles. The fraction of sp³-hybridized carbons (Fsp3) is 0.353. The number of phenols is 1. The van der Waals surface area contributed by atoms with Gasteiger partial charge in [0.2, 0.25) is 0 Å². The van der Waals surface area contributed by atoms with Crippen LogP contribution >= 0.6 is 0 Å². The molecule has 0 amide bonds. The van der Waals surface area contributed by atoms with Crippen molar-refractivity contribution < 1.29 is 19.7 Å². The van der Waals surface area contributed by atoms with Gasteiger partial charge in [-0.15, -0.1) is 6.58 Å². The van der Waals surface area contributed by atoms with Crippen molar-refractivity contribution in [3.63, 3.8) is 0 Å². The molecule has 1 unspecified atom stereocenters. The highest BCUT2D eigenvalue weighted by Crippen LogP contribution is 2.38. The molecular weight excluding hydrogens is 268 g/mol. The Morgan fingerprint density at radius 2 is 1.90 bits per heavy atom. The number of hydrogen-bond acceptors (Lipinski definition) is 3. The van der Waals surface area contributed by atoms with Gasteiger partial charge >= 0.3 is 5.97 Å². The van der Waals surface area contributed by atoms with E-state index in [-0.39, 0.29) is 17.4 Å². The first-order valence-corrected chi connectivity index (χ1v) is 6.81. The largest absolute Gasteiger partial charge is 0.507 e. The zero-order chi connectivity index (χ0) is 16.2. The predicted octanol–water partition coefficient (Wildman–Crippen LogP) is 3.92. The van der Waals surface area contributed by atoms with E-state index in [1.165, 1.54) is 0 Å². The molecule has 0 heterocycles. The third kappa shape index (κ3) is 3.45. The molecule has 0 aliphatic heterocycles. The zero-order valence-corrected chi connectivity index (χ0v) is 12.9. The molecule has 0 aromatic heterocycles. The Kier molecular flexibility index (Phi) is 5.59. The summed E-state index contributed by atoms with van der Waals surface area (Å²) in [5.74, 6) is -0.850. The van der Waals surface area contributed by atoms with Crippen LogP contribution in [0.2, 0.25) is 0 Å². The number of carboxylic acid groups (broad SMARTS) is 1. The van der Waals surface area contributed by atoms with Crippen LogP contribution in [0.25, 0.3) is 0 Å². The minimum Gasteiger partial charge on any atom is -0.507 e. The van der Waals surface area contributed by atoms with E-state index in [2.05, 4.69) is 6.58 Å². The number of aromatic hydroxyl groups is 1. The van der Waals surface area contributed by atoms with E-state index in [1.54, 1.807) is 26.8 Å². The lowest BCUT2D eigenvalue weighted by Crippen LogP contribution is -2.15. The van der Waals surface area contributed by atoms with Gasteiger partial charge in [0.1, 0.15) is 23.2 Å². The van der Waals surface area contributed by atoms with Crippen molar-refractivity contribution >= 4 is 5.97 Å². The second-order valence-corrected chi connectivity index (χ2v) is 4.94. The van der Waals surface area contributed by atoms with Crippen molar-refractivity contribution in [1.29, 1.82) is 0 Å². The molecule has 0 bridgehead atoms. The highest BCUT2D eigenvalue weighted by molar-refractivity contribution is 5.94. The Hall–Kier alpha value is -2.23. The molecule has 0 aliphatic rings. The third-order valence-electron chi connectivity index (χ3n) is 3.50. The van der Waals surface area contributed by atoms with Crippen LogP contribution in [0.15, 0.2) is 24.8 Å². The van der Waals surface area contributed by atoms with Gasteiger partial charge in [-0.1, -0.05) is 12.2 Å². The molecule has 1 rings (SSSR count). The van der Waals surface area contributed by atoms with Crippen LogP contribution in [0.5, 0.6) is 11.5 Å². The SMILES string of the molecule is C=CCC(/C=C/C)Oc1c(C)c(C)c(C(=O)O)c(O)c1C. The first-order valence-electron chi connectivity index (χ1n) is 6.81. The Morgan fingerprint density at radius 3 is 2.38 bits per heavy atom. The number of carboxylic acids is 1. The average molecular weight is 290 g/mol. The summed E-state index contributed by atoms with van der Waals surface area (Å²) in [4.78, 5) is 11.3. The van der Waals surface area contributed by atoms with Gasteiger partial charge in [0.05, 0.1) is 0 Å². The highest BCUT2D eigenvalue weighted by atomic mass is 16.5. The van der Waals surface area contributed by atoms with Gasteiger partial charge in [-0.05, 0) is 44.9 Å². The summed E-state index contributed by atoms with van der Waals surface area (Å²) in [5.41, 5.74) is 1.61. The topological polar surface area (TPSA) is 66.8 Å². The summed E-state index contributed by atoms with van der Waals surface area (Å²) in [7, 11) is 0. The molecular formula is C17H22O4. The van der Waals surface area contributed by atoms with E-state index in [9.17, 15) is 15.0 Å².